The minimum absolute atomic E-state index is 0.168. The lowest BCUT2D eigenvalue weighted by atomic mass is 9.93. The number of nitrogens with one attached hydrogen (secondary N) is 1. The summed E-state index contributed by atoms with van der Waals surface area (Å²) >= 11 is 12.7. The first-order valence-corrected chi connectivity index (χ1v) is 14.0. The molecule has 0 atom stereocenters. The number of rotatable bonds is 5. The smallest absolute Gasteiger partial charge is 0.125 e. The molecule has 0 bridgehead atoms. The Morgan fingerprint density at radius 3 is 2.52 bits per heavy atom. The van der Waals surface area contributed by atoms with Gasteiger partial charge in [0.25, 0.3) is 0 Å². The summed E-state index contributed by atoms with van der Waals surface area (Å²) in [7, 11) is 1.77. The third-order valence-electron chi connectivity index (χ3n) is 7.40. The predicted octanol–water partition coefficient (Wildman–Crippen LogP) is 7.88. The fourth-order valence-electron chi connectivity index (χ4n) is 5.28. The van der Waals surface area contributed by atoms with Crippen molar-refractivity contribution in [2.45, 2.75) is 44.8 Å². The molecule has 0 spiro atoms. The summed E-state index contributed by atoms with van der Waals surface area (Å²) in [6.45, 7) is 1.95. The van der Waals surface area contributed by atoms with Crippen molar-refractivity contribution in [2.24, 2.45) is 4.99 Å². The molecule has 1 N–H and O–H groups in total. The molecule has 40 heavy (non-hydrogen) atoms. The maximum absolute atomic E-state index is 14.3. The van der Waals surface area contributed by atoms with Crippen molar-refractivity contribution < 1.29 is 9.13 Å². The van der Waals surface area contributed by atoms with Gasteiger partial charge in [0.1, 0.15) is 5.82 Å². The van der Waals surface area contributed by atoms with Crippen molar-refractivity contribution in [1.82, 2.24) is 14.5 Å². The van der Waals surface area contributed by atoms with Crippen LogP contribution in [0.15, 0.2) is 71.9 Å². The fraction of sp³-hybridized carbons (Fsp3) is 0.258. The zero-order valence-electron chi connectivity index (χ0n) is 22.2. The summed E-state index contributed by atoms with van der Waals surface area (Å²) in [5, 5.41) is 5.19. The first-order chi connectivity index (χ1) is 19.4. The Morgan fingerprint density at radius 2 is 1.80 bits per heavy atom. The van der Waals surface area contributed by atoms with Crippen LogP contribution in [0.5, 0.6) is 0 Å². The van der Waals surface area contributed by atoms with Gasteiger partial charge in [-0.1, -0.05) is 23.2 Å². The summed E-state index contributed by atoms with van der Waals surface area (Å²) < 4.78 is 21.9. The van der Waals surface area contributed by atoms with E-state index in [4.69, 9.17) is 37.9 Å². The zero-order chi connectivity index (χ0) is 27.8. The van der Waals surface area contributed by atoms with E-state index in [2.05, 4.69) is 10.3 Å². The van der Waals surface area contributed by atoms with Gasteiger partial charge < -0.3 is 14.6 Å². The van der Waals surface area contributed by atoms with Crippen molar-refractivity contribution in [3.8, 4) is 17.1 Å². The van der Waals surface area contributed by atoms with E-state index in [1.165, 1.54) is 12.1 Å². The van der Waals surface area contributed by atoms with Crippen LogP contribution in [0, 0.1) is 12.7 Å². The van der Waals surface area contributed by atoms with E-state index in [1.54, 1.807) is 31.5 Å². The number of aromatic nitrogens is 3. The molecule has 204 valence electrons. The molecule has 6 rings (SSSR count). The van der Waals surface area contributed by atoms with Gasteiger partial charge in [-0.05, 0) is 87.2 Å². The van der Waals surface area contributed by atoms with Crippen LogP contribution in [0.3, 0.4) is 0 Å². The van der Waals surface area contributed by atoms with Crippen molar-refractivity contribution in [2.75, 3.05) is 12.4 Å². The average molecular weight is 577 g/mol. The number of fused-ring (bicyclic) bond motifs is 2. The molecule has 1 fully saturated rings. The summed E-state index contributed by atoms with van der Waals surface area (Å²) in [6.07, 6.45) is 5.93. The van der Waals surface area contributed by atoms with Crippen LogP contribution < -0.4 is 10.7 Å². The quantitative estimate of drug-likeness (QED) is 0.216. The SMILES string of the molecule is COC1CCC(/N=c2\cc3n(-c4ccc(Cl)c(Cl)c4)c4ccc(F)cc4nc-3cc2Nc2ccc(C)nc2)CC1. The number of halogens is 3. The summed E-state index contributed by atoms with van der Waals surface area (Å²) in [5.74, 6) is -0.359. The van der Waals surface area contributed by atoms with Crippen LogP contribution in [0.1, 0.15) is 31.4 Å². The van der Waals surface area contributed by atoms with Crippen LogP contribution in [0.2, 0.25) is 10.0 Å². The van der Waals surface area contributed by atoms with E-state index in [0.717, 1.165) is 65.0 Å². The summed E-state index contributed by atoms with van der Waals surface area (Å²) in [5.41, 5.74) is 6.11. The standard InChI is InChI=1S/C31H28Cl2FN5O/c1-18-3-5-21(17-35-18)37-26-15-29-31(16-27(26)36-20-6-9-23(40-2)10-7-20)39(22-8-11-24(32)25(33)14-22)30-12-4-19(34)13-28(30)38-29/h3-5,8,11-17,20,23,37H,6-7,9-10H2,1-2H3/b36-27+. The molecular formula is C31H28Cl2FN5O. The molecule has 1 saturated carbocycles. The molecule has 0 unspecified atom stereocenters. The van der Waals surface area contributed by atoms with E-state index in [1.807, 2.05) is 41.8 Å². The Labute approximate surface area is 241 Å². The lowest BCUT2D eigenvalue weighted by Crippen LogP contribution is -2.25. The highest BCUT2D eigenvalue weighted by Crippen LogP contribution is 2.33. The Hall–Kier alpha value is -3.52. The normalized spacial score (nSPS) is 18.0. The highest BCUT2D eigenvalue weighted by Gasteiger charge is 2.22. The van der Waals surface area contributed by atoms with Crippen LogP contribution in [-0.2, 0) is 4.74 Å². The number of aryl methyl sites for hydroxylation is 1. The number of nitrogens with zero attached hydrogens (tertiary/aromatic N) is 4. The molecule has 9 heteroatoms. The second-order valence-corrected chi connectivity index (χ2v) is 11.0. The monoisotopic (exact) mass is 575 g/mol. The Kier molecular flexibility index (Phi) is 7.45. The van der Waals surface area contributed by atoms with Crippen molar-refractivity contribution in [1.29, 1.82) is 0 Å². The molecule has 0 saturated heterocycles. The van der Waals surface area contributed by atoms with Gasteiger partial charge in [0, 0.05) is 24.6 Å². The fourth-order valence-corrected chi connectivity index (χ4v) is 5.57. The van der Waals surface area contributed by atoms with Gasteiger partial charge in [0.05, 0.1) is 67.5 Å². The van der Waals surface area contributed by atoms with Crippen molar-refractivity contribution in [3.05, 3.63) is 93.8 Å². The molecule has 0 amide bonds. The summed E-state index contributed by atoms with van der Waals surface area (Å²) in [6, 6.07) is 18.2. The van der Waals surface area contributed by atoms with Crippen LogP contribution >= 0.6 is 23.2 Å². The molecule has 2 aliphatic carbocycles. The molecule has 1 aromatic heterocycles. The molecule has 0 radical (unpaired) electrons. The highest BCUT2D eigenvalue weighted by atomic mass is 35.5. The molecular weight excluding hydrogens is 548 g/mol. The van der Waals surface area contributed by atoms with Crippen LogP contribution in [0.4, 0.5) is 15.8 Å². The maximum Gasteiger partial charge on any atom is 0.125 e. The van der Waals surface area contributed by atoms with Gasteiger partial charge in [0.2, 0.25) is 0 Å². The van der Waals surface area contributed by atoms with Gasteiger partial charge in [-0.2, -0.15) is 0 Å². The lowest BCUT2D eigenvalue weighted by Gasteiger charge is -2.25. The zero-order valence-corrected chi connectivity index (χ0v) is 23.7. The molecule has 3 aromatic rings. The molecule has 2 heterocycles. The molecule has 6 nitrogen and oxygen atoms in total. The van der Waals surface area contributed by atoms with E-state index in [9.17, 15) is 4.39 Å². The number of ether oxygens (including phenoxy) is 1. The van der Waals surface area contributed by atoms with Crippen molar-refractivity contribution >= 4 is 45.6 Å². The second-order valence-electron chi connectivity index (χ2n) is 10.1. The largest absolute Gasteiger partial charge is 0.381 e. The highest BCUT2D eigenvalue weighted by molar-refractivity contribution is 6.42. The topological polar surface area (TPSA) is 64.3 Å². The Morgan fingerprint density at radius 1 is 0.975 bits per heavy atom. The number of methoxy groups -OCH3 is 1. The first-order valence-electron chi connectivity index (χ1n) is 13.3. The van der Waals surface area contributed by atoms with E-state index in [-0.39, 0.29) is 18.0 Å². The number of hydrogen-bond donors (Lipinski definition) is 1. The van der Waals surface area contributed by atoms with Gasteiger partial charge >= 0.3 is 0 Å². The molecule has 1 aliphatic heterocycles. The van der Waals surface area contributed by atoms with E-state index >= 15 is 0 Å². The van der Waals surface area contributed by atoms with Gasteiger partial charge in [-0.15, -0.1) is 0 Å². The lowest BCUT2D eigenvalue weighted by molar-refractivity contribution is 0.0663. The predicted molar refractivity (Wildman–Crippen MR) is 159 cm³/mol. The van der Waals surface area contributed by atoms with Crippen LogP contribution in [-0.4, -0.2) is 33.8 Å². The second kappa shape index (κ2) is 11.2. The van der Waals surface area contributed by atoms with E-state index in [0.29, 0.717) is 21.3 Å². The third kappa shape index (κ3) is 5.42. The molecule has 2 aromatic carbocycles. The van der Waals surface area contributed by atoms with Crippen LogP contribution in [0.25, 0.3) is 28.1 Å². The first kappa shape index (κ1) is 26.7. The average Bonchev–Trinajstić information content (AvgIpc) is 2.95. The van der Waals surface area contributed by atoms with E-state index < -0.39 is 0 Å². The minimum Gasteiger partial charge on any atom is -0.381 e. The number of pyridine rings is 1. The van der Waals surface area contributed by atoms with Gasteiger partial charge in [-0.3, -0.25) is 9.98 Å². The van der Waals surface area contributed by atoms with Gasteiger partial charge in [0.15, 0.2) is 0 Å². The maximum atomic E-state index is 14.3. The third-order valence-corrected chi connectivity index (χ3v) is 8.14. The van der Waals surface area contributed by atoms with Gasteiger partial charge in [-0.25, -0.2) is 9.37 Å². The number of hydrogen-bond acceptors (Lipinski definition) is 5. The Bertz CT molecular complexity index is 1730. The number of benzene rings is 3. The van der Waals surface area contributed by atoms with Crippen molar-refractivity contribution in [3.63, 3.8) is 0 Å². The molecule has 3 aliphatic rings. The number of anilines is 2. The minimum atomic E-state index is -0.359. The Balaban J connectivity index is 1.59. The summed E-state index contributed by atoms with van der Waals surface area (Å²) in [4.78, 5) is 14.5.